The van der Waals surface area contributed by atoms with Crippen molar-refractivity contribution in [1.29, 1.82) is 0 Å². The van der Waals surface area contributed by atoms with Crippen LogP contribution in [0.25, 0.3) is 0 Å². The first kappa shape index (κ1) is 9.66. The molecule has 0 atom stereocenters. The van der Waals surface area contributed by atoms with Gasteiger partial charge in [-0.25, -0.2) is 28.4 Å². The molecule has 0 spiro atoms. The number of rotatable bonds is 2. The molecule has 0 aliphatic rings. The fraction of sp³-hybridized carbons (Fsp3) is 0. The van der Waals surface area contributed by atoms with Crippen molar-refractivity contribution in [1.82, 2.24) is 19.9 Å². The van der Waals surface area contributed by atoms with Crippen LogP contribution in [0, 0.1) is 0 Å². The van der Waals surface area contributed by atoms with Gasteiger partial charge in [-0.15, -0.1) is 0 Å². The summed E-state index contributed by atoms with van der Waals surface area (Å²) in [5.74, 6) is 0. The second-order valence-electron chi connectivity index (χ2n) is 2.65. The molecule has 2 aromatic rings. The van der Waals surface area contributed by atoms with Gasteiger partial charge >= 0.3 is 0 Å². The predicted octanol–water partition coefficient (Wildman–Crippen LogP) is 0.0994. The largest absolute Gasteiger partial charge is 0.243 e. The van der Waals surface area contributed by atoms with Crippen LogP contribution in [-0.2, 0) is 9.84 Å². The lowest BCUT2D eigenvalue weighted by Gasteiger charge is -2.00. The Morgan fingerprint density at radius 2 is 1.07 bits per heavy atom. The van der Waals surface area contributed by atoms with Crippen LogP contribution in [0.3, 0.4) is 0 Å². The molecule has 0 N–H and O–H groups in total. The molecule has 0 unspecified atom stereocenters. The molecule has 7 heteroatoms. The lowest BCUT2D eigenvalue weighted by molar-refractivity contribution is 0.594. The molecule has 0 radical (unpaired) electrons. The summed E-state index contributed by atoms with van der Waals surface area (Å²) in [6.45, 7) is 0. The van der Waals surface area contributed by atoms with E-state index >= 15 is 0 Å². The standard InChI is InChI=1S/C8H6N4O2S/c13-15(14,7-1-9-5-10-2-7)8-3-11-6-12-4-8/h1-6H. The van der Waals surface area contributed by atoms with Crippen molar-refractivity contribution in [2.24, 2.45) is 0 Å². The summed E-state index contributed by atoms with van der Waals surface area (Å²) >= 11 is 0. The fourth-order valence-electron chi connectivity index (χ4n) is 0.984. The summed E-state index contributed by atoms with van der Waals surface area (Å²) in [5, 5.41) is 0. The second kappa shape index (κ2) is 3.70. The summed E-state index contributed by atoms with van der Waals surface area (Å²) in [5.41, 5.74) is 0. The van der Waals surface area contributed by atoms with Crippen molar-refractivity contribution in [3.8, 4) is 0 Å². The van der Waals surface area contributed by atoms with Gasteiger partial charge in [-0.1, -0.05) is 0 Å². The maximum absolute atomic E-state index is 11.9. The maximum atomic E-state index is 11.9. The number of sulfone groups is 1. The van der Waals surface area contributed by atoms with Gasteiger partial charge < -0.3 is 0 Å². The van der Waals surface area contributed by atoms with Gasteiger partial charge in [-0.3, -0.25) is 0 Å². The Bertz CT molecular complexity index is 496. The molecular weight excluding hydrogens is 216 g/mol. The van der Waals surface area contributed by atoms with Crippen LogP contribution in [0.4, 0.5) is 0 Å². The van der Waals surface area contributed by atoms with E-state index in [-0.39, 0.29) is 9.79 Å². The van der Waals surface area contributed by atoms with E-state index in [4.69, 9.17) is 0 Å². The Hall–Kier alpha value is -1.89. The number of aromatic nitrogens is 4. The molecular formula is C8H6N4O2S. The predicted molar refractivity (Wildman–Crippen MR) is 49.5 cm³/mol. The average Bonchev–Trinajstić information content (AvgIpc) is 2.31. The van der Waals surface area contributed by atoms with E-state index in [0.29, 0.717) is 0 Å². The van der Waals surface area contributed by atoms with E-state index in [2.05, 4.69) is 19.9 Å². The highest BCUT2D eigenvalue weighted by Crippen LogP contribution is 2.16. The van der Waals surface area contributed by atoms with Crippen LogP contribution in [-0.4, -0.2) is 28.4 Å². The smallest absolute Gasteiger partial charge is 0.212 e. The summed E-state index contributed by atoms with van der Waals surface area (Å²) < 4.78 is 23.7. The minimum Gasteiger partial charge on any atom is -0.243 e. The van der Waals surface area contributed by atoms with Crippen LogP contribution in [0.15, 0.2) is 47.2 Å². The summed E-state index contributed by atoms with van der Waals surface area (Å²) in [4.78, 5) is 14.6. The molecule has 0 amide bonds. The Balaban J connectivity index is 2.55. The average molecular weight is 222 g/mol. The summed E-state index contributed by atoms with van der Waals surface area (Å²) in [6.07, 6.45) is 7.45. The van der Waals surface area contributed by atoms with Gasteiger partial charge in [-0.2, -0.15) is 0 Å². The molecule has 0 aliphatic carbocycles. The molecule has 0 saturated heterocycles. The van der Waals surface area contributed by atoms with Crippen molar-refractivity contribution in [3.63, 3.8) is 0 Å². The zero-order valence-electron chi connectivity index (χ0n) is 7.48. The van der Waals surface area contributed by atoms with Gasteiger partial charge in [0.25, 0.3) is 0 Å². The van der Waals surface area contributed by atoms with Gasteiger partial charge in [0, 0.05) is 24.8 Å². The van der Waals surface area contributed by atoms with E-state index < -0.39 is 9.84 Å². The van der Waals surface area contributed by atoms with Crippen molar-refractivity contribution in [2.45, 2.75) is 9.79 Å². The first-order valence-electron chi connectivity index (χ1n) is 3.96. The molecule has 0 aromatic carbocycles. The van der Waals surface area contributed by atoms with E-state index in [1.807, 2.05) is 0 Å². The lowest BCUT2D eigenvalue weighted by atomic mass is 10.7. The molecule has 0 fully saturated rings. The first-order chi connectivity index (χ1) is 7.21. The van der Waals surface area contributed by atoms with Gasteiger partial charge in [0.05, 0.1) is 0 Å². The molecule has 6 nitrogen and oxygen atoms in total. The highest BCUT2D eigenvalue weighted by atomic mass is 32.2. The first-order valence-corrected chi connectivity index (χ1v) is 5.45. The second-order valence-corrected chi connectivity index (χ2v) is 4.60. The molecule has 0 bridgehead atoms. The van der Waals surface area contributed by atoms with E-state index in [9.17, 15) is 8.42 Å². The zero-order valence-corrected chi connectivity index (χ0v) is 8.29. The molecule has 15 heavy (non-hydrogen) atoms. The minimum atomic E-state index is -3.59. The third-order valence-electron chi connectivity index (χ3n) is 1.69. The number of nitrogens with zero attached hydrogens (tertiary/aromatic N) is 4. The number of hydrogen-bond donors (Lipinski definition) is 0. The lowest BCUT2D eigenvalue weighted by Crippen LogP contribution is -2.03. The third kappa shape index (κ3) is 1.82. The van der Waals surface area contributed by atoms with Gasteiger partial charge in [0.1, 0.15) is 22.4 Å². The van der Waals surface area contributed by atoms with Gasteiger partial charge in [0.2, 0.25) is 9.84 Å². The Kier molecular flexibility index (Phi) is 2.38. The summed E-state index contributed by atoms with van der Waals surface area (Å²) in [7, 11) is -3.59. The normalized spacial score (nSPS) is 11.2. The van der Waals surface area contributed by atoms with E-state index in [1.54, 1.807) is 0 Å². The highest BCUT2D eigenvalue weighted by molar-refractivity contribution is 7.91. The Morgan fingerprint density at radius 3 is 1.40 bits per heavy atom. The van der Waals surface area contributed by atoms with Crippen LogP contribution in [0.5, 0.6) is 0 Å². The molecule has 2 heterocycles. The fourth-order valence-corrected chi connectivity index (χ4v) is 2.06. The highest BCUT2D eigenvalue weighted by Gasteiger charge is 2.18. The molecule has 0 saturated carbocycles. The van der Waals surface area contributed by atoms with Crippen molar-refractivity contribution in [3.05, 3.63) is 37.4 Å². The van der Waals surface area contributed by atoms with E-state index in [0.717, 1.165) is 0 Å². The quantitative estimate of drug-likeness (QED) is 0.716. The number of hydrogen-bond acceptors (Lipinski definition) is 6. The third-order valence-corrected chi connectivity index (χ3v) is 3.36. The van der Waals surface area contributed by atoms with Crippen molar-refractivity contribution in [2.75, 3.05) is 0 Å². The molecule has 2 aromatic heterocycles. The molecule has 76 valence electrons. The zero-order chi connectivity index (χ0) is 10.7. The topological polar surface area (TPSA) is 85.7 Å². The SMILES string of the molecule is O=S(=O)(c1cncnc1)c1cncnc1. The van der Waals surface area contributed by atoms with Crippen LogP contribution < -0.4 is 0 Å². The molecule has 0 aliphatic heterocycles. The summed E-state index contributed by atoms with van der Waals surface area (Å²) in [6, 6.07) is 0. The van der Waals surface area contributed by atoms with Crippen molar-refractivity contribution < 1.29 is 8.42 Å². The Morgan fingerprint density at radius 1 is 0.733 bits per heavy atom. The van der Waals surface area contributed by atoms with Gasteiger partial charge in [-0.05, 0) is 0 Å². The molecule has 2 rings (SSSR count). The Labute approximate surface area is 86.0 Å². The van der Waals surface area contributed by atoms with Gasteiger partial charge in [0.15, 0.2) is 0 Å². The maximum Gasteiger partial charge on any atom is 0.212 e. The van der Waals surface area contributed by atoms with Crippen LogP contribution >= 0.6 is 0 Å². The van der Waals surface area contributed by atoms with E-state index in [1.165, 1.54) is 37.4 Å². The minimum absolute atomic E-state index is 0.0276. The van der Waals surface area contributed by atoms with Crippen molar-refractivity contribution >= 4 is 9.84 Å². The van der Waals surface area contributed by atoms with Crippen LogP contribution in [0.1, 0.15) is 0 Å². The monoisotopic (exact) mass is 222 g/mol. The van der Waals surface area contributed by atoms with Crippen LogP contribution in [0.2, 0.25) is 0 Å².